The lowest BCUT2D eigenvalue weighted by Gasteiger charge is -2.28. The molecule has 3 heteroatoms. The van der Waals surface area contributed by atoms with E-state index in [1.165, 1.54) is 12.1 Å². The number of hydrogen-bond donors (Lipinski definition) is 1. The molecule has 0 radical (unpaired) electrons. The van der Waals surface area contributed by atoms with E-state index in [4.69, 9.17) is 0 Å². The van der Waals surface area contributed by atoms with Crippen LogP contribution in [-0.2, 0) is 6.54 Å². The smallest absolute Gasteiger partial charge is 0.123 e. The quantitative estimate of drug-likeness (QED) is 0.819. The average Bonchev–Trinajstić information content (AvgIpc) is 2.18. The fourth-order valence-corrected chi connectivity index (χ4v) is 2.06. The lowest BCUT2D eigenvalue weighted by molar-refractivity contribution is 0.232. The topological polar surface area (TPSA) is 15.3 Å². The fraction of sp³-hybridized carbons (Fsp3) is 0.571. The molecule has 0 amide bonds. The predicted octanol–water partition coefficient (Wildman–Crippen LogP) is 2.50. The Morgan fingerprint density at radius 1 is 1.18 bits per heavy atom. The van der Waals surface area contributed by atoms with Gasteiger partial charge in [-0.3, -0.25) is 0 Å². The van der Waals surface area contributed by atoms with Gasteiger partial charge in [-0.05, 0) is 37.2 Å². The van der Waals surface area contributed by atoms with E-state index in [0.717, 1.165) is 25.2 Å². The summed E-state index contributed by atoms with van der Waals surface area (Å²) in [5.41, 5.74) is 1.36. The first-order valence-corrected chi connectivity index (χ1v) is 5.99. The largest absolute Gasteiger partial charge is 0.312 e. The minimum atomic E-state index is -0.179. The summed E-state index contributed by atoms with van der Waals surface area (Å²) in [5, 5.41) is 3.42. The van der Waals surface area contributed by atoms with Crippen molar-refractivity contribution < 1.29 is 4.39 Å². The standard InChI is InChI=1S/C14H23FN2/c1-14(2,11-17(3)4)10-16-9-12-5-7-13(15)8-6-12/h5-8,16H,9-11H2,1-4H3. The van der Waals surface area contributed by atoms with E-state index in [1.54, 1.807) is 0 Å². The van der Waals surface area contributed by atoms with Crippen LogP contribution < -0.4 is 5.32 Å². The molecule has 1 rings (SSSR count). The second-order valence-electron chi connectivity index (χ2n) is 5.63. The Morgan fingerprint density at radius 2 is 1.76 bits per heavy atom. The number of hydrogen-bond acceptors (Lipinski definition) is 2. The molecular weight excluding hydrogens is 215 g/mol. The van der Waals surface area contributed by atoms with Gasteiger partial charge in [0.2, 0.25) is 0 Å². The van der Waals surface area contributed by atoms with Crippen LogP contribution >= 0.6 is 0 Å². The summed E-state index contributed by atoms with van der Waals surface area (Å²) in [5.74, 6) is -0.179. The first-order chi connectivity index (χ1) is 7.89. The van der Waals surface area contributed by atoms with Gasteiger partial charge in [0.15, 0.2) is 0 Å². The van der Waals surface area contributed by atoms with Crippen LogP contribution in [-0.4, -0.2) is 32.1 Å². The number of nitrogens with one attached hydrogen (secondary N) is 1. The van der Waals surface area contributed by atoms with Gasteiger partial charge < -0.3 is 10.2 Å². The Kier molecular flexibility index (Phi) is 5.09. The molecule has 0 saturated carbocycles. The zero-order valence-electron chi connectivity index (χ0n) is 11.3. The van der Waals surface area contributed by atoms with E-state index < -0.39 is 0 Å². The van der Waals surface area contributed by atoms with Crippen molar-refractivity contribution in [2.24, 2.45) is 5.41 Å². The Hall–Kier alpha value is -0.930. The van der Waals surface area contributed by atoms with Crippen molar-refractivity contribution in [1.29, 1.82) is 0 Å². The van der Waals surface area contributed by atoms with Crippen LogP contribution in [0.5, 0.6) is 0 Å². The molecule has 0 aliphatic heterocycles. The fourth-order valence-electron chi connectivity index (χ4n) is 2.06. The summed E-state index contributed by atoms with van der Waals surface area (Å²) in [6, 6.07) is 6.65. The highest BCUT2D eigenvalue weighted by Crippen LogP contribution is 2.14. The first-order valence-electron chi connectivity index (χ1n) is 5.99. The van der Waals surface area contributed by atoms with Gasteiger partial charge in [-0.1, -0.05) is 26.0 Å². The lowest BCUT2D eigenvalue weighted by atomic mass is 9.93. The number of benzene rings is 1. The van der Waals surface area contributed by atoms with Gasteiger partial charge >= 0.3 is 0 Å². The molecule has 1 N–H and O–H groups in total. The van der Waals surface area contributed by atoms with Crippen LogP contribution in [0, 0.1) is 11.2 Å². The highest BCUT2D eigenvalue weighted by molar-refractivity contribution is 5.15. The molecule has 17 heavy (non-hydrogen) atoms. The third kappa shape index (κ3) is 5.80. The zero-order chi connectivity index (χ0) is 12.9. The van der Waals surface area contributed by atoms with Crippen molar-refractivity contribution in [2.75, 3.05) is 27.2 Å². The summed E-state index contributed by atoms with van der Waals surface area (Å²) < 4.78 is 12.7. The first kappa shape index (κ1) is 14.1. The highest BCUT2D eigenvalue weighted by atomic mass is 19.1. The van der Waals surface area contributed by atoms with Gasteiger partial charge in [0, 0.05) is 19.6 Å². The Labute approximate surface area is 104 Å². The molecule has 2 nitrogen and oxygen atoms in total. The van der Waals surface area contributed by atoms with Crippen molar-refractivity contribution in [2.45, 2.75) is 20.4 Å². The molecule has 0 heterocycles. The van der Waals surface area contributed by atoms with E-state index >= 15 is 0 Å². The van der Waals surface area contributed by atoms with E-state index in [2.05, 4.69) is 38.2 Å². The molecule has 0 fully saturated rings. The predicted molar refractivity (Wildman–Crippen MR) is 70.4 cm³/mol. The second kappa shape index (κ2) is 6.12. The van der Waals surface area contributed by atoms with E-state index in [-0.39, 0.29) is 11.2 Å². The SMILES string of the molecule is CN(C)CC(C)(C)CNCc1ccc(F)cc1. The van der Waals surface area contributed by atoms with Gasteiger partial charge in [0.05, 0.1) is 0 Å². The van der Waals surface area contributed by atoms with Gasteiger partial charge in [-0.25, -0.2) is 4.39 Å². The van der Waals surface area contributed by atoms with Crippen LogP contribution in [0.15, 0.2) is 24.3 Å². The molecule has 0 atom stereocenters. The summed E-state index contributed by atoms with van der Waals surface area (Å²) in [6.45, 7) is 7.26. The van der Waals surface area contributed by atoms with Crippen LogP contribution in [0.25, 0.3) is 0 Å². The molecule has 1 aromatic carbocycles. The van der Waals surface area contributed by atoms with Crippen LogP contribution in [0.3, 0.4) is 0 Å². The summed E-state index contributed by atoms with van der Waals surface area (Å²) >= 11 is 0. The van der Waals surface area contributed by atoms with Crippen molar-refractivity contribution >= 4 is 0 Å². The number of nitrogens with zero attached hydrogens (tertiary/aromatic N) is 1. The average molecular weight is 238 g/mol. The zero-order valence-corrected chi connectivity index (χ0v) is 11.3. The van der Waals surface area contributed by atoms with Gasteiger partial charge in [-0.15, -0.1) is 0 Å². The van der Waals surface area contributed by atoms with Crippen LogP contribution in [0.1, 0.15) is 19.4 Å². The third-order valence-corrected chi connectivity index (χ3v) is 2.59. The number of rotatable bonds is 6. The van der Waals surface area contributed by atoms with E-state index in [0.29, 0.717) is 0 Å². The Morgan fingerprint density at radius 3 is 2.29 bits per heavy atom. The van der Waals surface area contributed by atoms with E-state index in [9.17, 15) is 4.39 Å². The molecule has 0 spiro atoms. The minimum absolute atomic E-state index is 0.179. The molecule has 0 aliphatic carbocycles. The molecular formula is C14H23FN2. The molecule has 0 bridgehead atoms. The Bertz CT molecular complexity index is 331. The van der Waals surface area contributed by atoms with Crippen LogP contribution in [0.2, 0.25) is 0 Å². The molecule has 0 aliphatic rings. The monoisotopic (exact) mass is 238 g/mol. The normalized spacial score (nSPS) is 12.1. The molecule has 0 aromatic heterocycles. The van der Waals surface area contributed by atoms with Crippen molar-refractivity contribution in [3.63, 3.8) is 0 Å². The van der Waals surface area contributed by atoms with Gasteiger partial charge in [0.25, 0.3) is 0 Å². The molecule has 1 aromatic rings. The van der Waals surface area contributed by atoms with Crippen molar-refractivity contribution in [1.82, 2.24) is 10.2 Å². The van der Waals surface area contributed by atoms with Crippen LogP contribution in [0.4, 0.5) is 4.39 Å². The maximum atomic E-state index is 12.7. The third-order valence-electron chi connectivity index (χ3n) is 2.59. The van der Waals surface area contributed by atoms with Gasteiger partial charge in [-0.2, -0.15) is 0 Å². The molecule has 0 saturated heterocycles. The summed E-state index contributed by atoms with van der Waals surface area (Å²) in [7, 11) is 4.17. The lowest BCUT2D eigenvalue weighted by Crippen LogP contribution is -2.37. The summed E-state index contributed by atoms with van der Waals surface area (Å²) in [4.78, 5) is 2.19. The Balaban J connectivity index is 2.34. The summed E-state index contributed by atoms with van der Waals surface area (Å²) in [6.07, 6.45) is 0. The number of halogens is 1. The maximum Gasteiger partial charge on any atom is 0.123 e. The van der Waals surface area contributed by atoms with E-state index in [1.807, 2.05) is 12.1 Å². The molecule has 96 valence electrons. The molecule has 0 unspecified atom stereocenters. The second-order valence-corrected chi connectivity index (χ2v) is 5.63. The van der Waals surface area contributed by atoms with Crippen molar-refractivity contribution in [3.8, 4) is 0 Å². The highest BCUT2D eigenvalue weighted by Gasteiger charge is 2.17. The minimum Gasteiger partial charge on any atom is -0.312 e. The van der Waals surface area contributed by atoms with Crippen molar-refractivity contribution in [3.05, 3.63) is 35.6 Å². The van der Waals surface area contributed by atoms with Gasteiger partial charge in [0.1, 0.15) is 5.82 Å². The maximum absolute atomic E-state index is 12.7.